The van der Waals surface area contributed by atoms with Crippen molar-refractivity contribution in [3.63, 3.8) is 0 Å². The van der Waals surface area contributed by atoms with Crippen LogP contribution in [0.15, 0.2) is 151 Å². The van der Waals surface area contributed by atoms with Crippen LogP contribution in [0.1, 0.15) is 87.0 Å². The zero-order valence-corrected chi connectivity index (χ0v) is 32.0. The third-order valence-electron chi connectivity index (χ3n) is 11.8. The van der Waals surface area contributed by atoms with E-state index in [1.54, 1.807) is 0 Å². The molecule has 0 nitrogen and oxygen atoms in total. The molecule has 0 N–H and O–H groups in total. The van der Waals surface area contributed by atoms with Crippen LogP contribution < -0.4 is 0 Å². The predicted octanol–water partition coefficient (Wildman–Crippen LogP) is 16.4. The summed E-state index contributed by atoms with van der Waals surface area (Å²) in [4.78, 5) is 0. The van der Waals surface area contributed by atoms with Crippen LogP contribution >= 0.6 is 0 Å². The maximum atomic E-state index is 9.62. The zero-order valence-electron chi connectivity index (χ0n) is 40.0. The minimum absolute atomic E-state index is 0.214. The summed E-state index contributed by atoms with van der Waals surface area (Å²) in [5.74, 6) is 1.02. The largest absolute Gasteiger partial charge is 0.0629 e. The SMILES string of the molecule is [2H]c1c([2H])c([2H])c2c(-c3ccc4ccc5c(-c6cc(C(C)C)cc(C(C)C)c6)ccc6ccc3c4c65)c3c([2H])c([2H])c([2H])c([2H])c3c(-c3ccc4cc(C(C)C)ccc4c3)c2c1[2H]. The molecule has 266 valence electrons. The van der Waals surface area contributed by atoms with Gasteiger partial charge in [0.2, 0.25) is 0 Å². The minimum atomic E-state index is -0.411. The summed E-state index contributed by atoms with van der Waals surface area (Å²) in [6, 6.07) is 33.1. The Hall–Kier alpha value is -5.98. The van der Waals surface area contributed by atoms with E-state index in [-0.39, 0.29) is 45.7 Å². The van der Waals surface area contributed by atoms with Crippen molar-refractivity contribution in [2.45, 2.75) is 59.3 Å². The van der Waals surface area contributed by atoms with Crippen molar-refractivity contribution in [2.24, 2.45) is 0 Å². The second-order valence-corrected chi connectivity index (χ2v) is 16.1. The molecule has 0 radical (unpaired) electrons. The van der Waals surface area contributed by atoms with Gasteiger partial charge in [0.25, 0.3) is 0 Å². The molecule has 0 saturated carbocycles. The average molecular weight is 715 g/mol. The van der Waals surface area contributed by atoms with Gasteiger partial charge in [-0.1, -0.05) is 187 Å². The van der Waals surface area contributed by atoms with Gasteiger partial charge in [0.05, 0.1) is 11.0 Å². The molecule has 0 spiro atoms. The normalized spacial score (nSPS) is 14.3. The highest BCUT2D eigenvalue weighted by molar-refractivity contribution is 6.30. The maximum Gasteiger partial charge on any atom is 0.0629 e. The van der Waals surface area contributed by atoms with Crippen molar-refractivity contribution in [3.05, 3.63) is 168 Å². The molecular weight excluding hydrogens is 661 g/mol. The third kappa shape index (κ3) is 5.34. The smallest absolute Gasteiger partial charge is 0.0616 e. The predicted molar refractivity (Wildman–Crippen MR) is 241 cm³/mol. The van der Waals surface area contributed by atoms with Crippen molar-refractivity contribution >= 4 is 64.6 Å². The Labute approximate surface area is 335 Å². The molecule has 10 aromatic carbocycles. The minimum Gasteiger partial charge on any atom is -0.0616 e. The van der Waals surface area contributed by atoms with E-state index in [1.807, 2.05) is 42.5 Å². The van der Waals surface area contributed by atoms with E-state index in [4.69, 9.17) is 5.48 Å². The van der Waals surface area contributed by atoms with Crippen LogP contribution in [0.3, 0.4) is 0 Å². The summed E-state index contributed by atoms with van der Waals surface area (Å²) < 4.78 is 74.3. The molecule has 0 heteroatoms. The number of benzene rings is 10. The van der Waals surface area contributed by atoms with Crippen molar-refractivity contribution in [1.82, 2.24) is 0 Å². The summed E-state index contributed by atoms with van der Waals surface area (Å²) in [6.07, 6.45) is 0. The van der Waals surface area contributed by atoms with E-state index in [2.05, 4.69) is 102 Å². The number of fused-ring (bicyclic) bond motifs is 3. The van der Waals surface area contributed by atoms with Gasteiger partial charge < -0.3 is 0 Å². The fraction of sp³-hybridized carbons (Fsp3) is 0.164. The molecule has 0 bridgehead atoms. The lowest BCUT2D eigenvalue weighted by Gasteiger charge is -2.21. The van der Waals surface area contributed by atoms with Crippen LogP contribution in [-0.2, 0) is 0 Å². The molecule has 10 aromatic rings. The van der Waals surface area contributed by atoms with Crippen LogP contribution in [0.2, 0.25) is 0 Å². The standard InChI is InChI=1S/C55H46/c1-32(2)37-15-16-39-28-40(18-17-38(39)27-37)52-45-11-7-9-13-47(45)55(48-14-10-8-12-46(48)52)51-26-22-36-20-24-49-44(23-19-35-21-25-50(51)54(36)53(35)49)43-30-41(33(3)4)29-42(31-43)34(5)6/h7-34H,1-6H3/i7D,8D,9D,10D,11D,12D,13D,14D. The number of hydrogen-bond acceptors (Lipinski definition) is 0. The van der Waals surface area contributed by atoms with Crippen LogP contribution in [-0.4, -0.2) is 0 Å². The van der Waals surface area contributed by atoms with Crippen molar-refractivity contribution in [3.8, 4) is 33.4 Å². The summed E-state index contributed by atoms with van der Waals surface area (Å²) in [7, 11) is 0. The van der Waals surface area contributed by atoms with Gasteiger partial charge in [-0.05, 0) is 139 Å². The van der Waals surface area contributed by atoms with Gasteiger partial charge in [-0.3, -0.25) is 0 Å². The summed E-state index contributed by atoms with van der Waals surface area (Å²) in [5.41, 5.74) is 7.95. The van der Waals surface area contributed by atoms with Gasteiger partial charge in [-0.25, -0.2) is 0 Å². The first kappa shape index (κ1) is 25.9. The Kier molecular flexibility index (Phi) is 6.04. The van der Waals surface area contributed by atoms with Gasteiger partial charge in [0.1, 0.15) is 0 Å². The molecular formula is C55H46. The van der Waals surface area contributed by atoms with Crippen molar-refractivity contribution in [1.29, 1.82) is 0 Å². The Morgan fingerprint density at radius 1 is 0.345 bits per heavy atom. The average Bonchev–Trinajstić information content (AvgIpc) is 3.28. The van der Waals surface area contributed by atoms with Gasteiger partial charge in [0.15, 0.2) is 0 Å². The third-order valence-corrected chi connectivity index (χ3v) is 11.8. The van der Waals surface area contributed by atoms with Gasteiger partial charge in [-0.2, -0.15) is 0 Å². The highest BCUT2D eigenvalue weighted by Gasteiger charge is 2.21. The van der Waals surface area contributed by atoms with Crippen molar-refractivity contribution < 1.29 is 11.0 Å². The van der Waals surface area contributed by atoms with E-state index in [9.17, 15) is 5.48 Å². The molecule has 0 unspecified atom stereocenters. The summed E-state index contributed by atoms with van der Waals surface area (Å²) in [6.45, 7) is 13.2. The maximum absolute atomic E-state index is 9.62. The number of hydrogen-bond donors (Lipinski definition) is 0. The molecule has 10 rings (SSSR count). The lowest BCUT2D eigenvalue weighted by atomic mass is 9.82. The highest BCUT2D eigenvalue weighted by atomic mass is 14.2. The molecule has 0 saturated heterocycles. The van der Waals surface area contributed by atoms with E-state index in [0.29, 0.717) is 40.0 Å². The topological polar surface area (TPSA) is 0 Å². The zero-order chi connectivity index (χ0) is 44.5. The molecule has 0 aromatic heterocycles. The fourth-order valence-electron chi connectivity index (χ4n) is 8.73. The van der Waals surface area contributed by atoms with Gasteiger partial charge in [-0.15, -0.1) is 0 Å². The first-order valence-electron chi connectivity index (χ1n) is 23.4. The van der Waals surface area contributed by atoms with E-state index < -0.39 is 24.2 Å². The van der Waals surface area contributed by atoms with Crippen LogP contribution in [0.4, 0.5) is 0 Å². The Bertz CT molecular complexity index is 3470. The summed E-state index contributed by atoms with van der Waals surface area (Å²) in [5, 5.41) is 8.77. The second-order valence-electron chi connectivity index (χ2n) is 16.1. The molecule has 0 heterocycles. The molecule has 55 heavy (non-hydrogen) atoms. The monoisotopic (exact) mass is 714 g/mol. The molecule has 0 atom stereocenters. The molecule has 0 fully saturated rings. The van der Waals surface area contributed by atoms with E-state index >= 15 is 0 Å². The quantitative estimate of drug-likeness (QED) is 0.119. The molecule has 0 aliphatic carbocycles. The highest BCUT2D eigenvalue weighted by Crippen LogP contribution is 2.48. The summed E-state index contributed by atoms with van der Waals surface area (Å²) >= 11 is 0. The van der Waals surface area contributed by atoms with Crippen LogP contribution in [0, 0.1) is 0 Å². The Morgan fingerprint density at radius 2 is 0.800 bits per heavy atom. The first-order valence-corrected chi connectivity index (χ1v) is 19.4. The Morgan fingerprint density at radius 3 is 1.36 bits per heavy atom. The molecule has 0 aliphatic rings. The number of rotatable bonds is 6. The first-order chi connectivity index (χ1) is 30.1. The lowest BCUT2D eigenvalue weighted by molar-refractivity contribution is 0.834. The fourth-order valence-corrected chi connectivity index (χ4v) is 8.73. The van der Waals surface area contributed by atoms with Crippen LogP contribution in [0.5, 0.6) is 0 Å². The van der Waals surface area contributed by atoms with Gasteiger partial charge in [0, 0.05) is 0 Å². The Balaban J connectivity index is 1.36. The lowest BCUT2D eigenvalue weighted by Crippen LogP contribution is -1.96. The molecule has 0 amide bonds. The second kappa shape index (κ2) is 12.8. The van der Waals surface area contributed by atoms with Crippen molar-refractivity contribution in [2.75, 3.05) is 0 Å². The van der Waals surface area contributed by atoms with E-state index in [0.717, 1.165) is 54.2 Å². The van der Waals surface area contributed by atoms with Gasteiger partial charge >= 0.3 is 0 Å². The molecule has 0 aliphatic heterocycles. The van der Waals surface area contributed by atoms with Crippen LogP contribution in [0.25, 0.3) is 98.0 Å². The van der Waals surface area contributed by atoms with E-state index in [1.165, 1.54) is 16.7 Å².